The summed E-state index contributed by atoms with van der Waals surface area (Å²) in [7, 11) is -0.0692. The van der Waals surface area contributed by atoms with Crippen molar-refractivity contribution in [1.82, 2.24) is 0 Å². The number of carbonyl (C=O) groups excluding carboxylic acids is 1. The van der Waals surface area contributed by atoms with Crippen molar-refractivity contribution < 1.29 is 19.5 Å². The molecular weight excluding hydrogens is 311 g/mol. The van der Waals surface area contributed by atoms with E-state index in [1.807, 2.05) is 6.92 Å². The molecule has 1 aliphatic carbocycles. The topological polar surface area (TPSA) is 66.8 Å². The lowest BCUT2D eigenvalue weighted by atomic mass is 9.92. The molecule has 1 unspecified atom stereocenters. The second kappa shape index (κ2) is 7.94. The molecule has 0 saturated carbocycles. The Balaban J connectivity index is 2.40. The number of aliphatic hydroxyl groups excluding tert-OH is 1. The molecule has 0 aromatic heterocycles. The quantitative estimate of drug-likeness (QED) is 0.435. The maximum absolute atomic E-state index is 11.9. The molecule has 0 aromatic rings. The molecule has 2 N–H and O–H groups in total. The van der Waals surface area contributed by atoms with Gasteiger partial charge in [0.1, 0.15) is 17.9 Å². The van der Waals surface area contributed by atoms with Crippen molar-refractivity contribution in [2.24, 2.45) is 0 Å². The fraction of sp³-hybridized carbons (Fsp3) is 0.500. The number of cyclic esters (lactones) is 1. The molecule has 0 aromatic carbocycles. The fourth-order valence-electron chi connectivity index (χ4n) is 3.26. The summed E-state index contributed by atoms with van der Waals surface area (Å²) in [5.41, 5.74) is 5.84. The molecule has 2 aliphatic rings. The molecule has 1 heterocycles. The molecule has 0 bridgehead atoms. The number of fused-ring (bicyclic) bond motifs is 1. The van der Waals surface area contributed by atoms with Gasteiger partial charge in [-0.2, -0.15) is 0 Å². The molecule has 0 amide bonds. The summed E-state index contributed by atoms with van der Waals surface area (Å²) in [6.07, 6.45) is 5.78. The third-order valence-corrected chi connectivity index (χ3v) is 5.22. The first-order chi connectivity index (χ1) is 11.0. The zero-order valence-electron chi connectivity index (χ0n) is 14.0. The maximum atomic E-state index is 11.9. The van der Waals surface area contributed by atoms with Crippen LogP contribution in [0.4, 0.5) is 0 Å². The normalized spacial score (nSPS) is 19.8. The number of allylic oxidation sites excluding steroid dienone is 5. The highest BCUT2D eigenvalue weighted by Crippen LogP contribution is 2.38. The van der Waals surface area contributed by atoms with Gasteiger partial charge in [0.25, 0.3) is 0 Å². The average Bonchev–Trinajstić information content (AvgIpc) is 2.88. The first-order valence-corrected chi connectivity index (χ1v) is 9.24. The number of ether oxygens (including phenoxy) is 1. The van der Waals surface area contributed by atoms with Crippen LogP contribution in [0.3, 0.4) is 0 Å². The lowest BCUT2D eigenvalue weighted by molar-refractivity contribution is -0.135. The van der Waals surface area contributed by atoms with Crippen LogP contribution in [0.1, 0.15) is 46.5 Å². The van der Waals surface area contributed by atoms with E-state index in [0.717, 1.165) is 36.0 Å². The zero-order chi connectivity index (χ0) is 17.0. The second-order valence-electron chi connectivity index (χ2n) is 5.87. The van der Waals surface area contributed by atoms with Crippen molar-refractivity contribution in [2.75, 3.05) is 12.8 Å². The molecular formula is C18H25O4P. The van der Waals surface area contributed by atoms with Gasteiger partial charge in [-0.05, 0) is 37.3 Å². The summed E-state index contributed by atoms with van der Waals surface area (Å²) < 4.78 is 5.10. The van der Waals surface area contributed by atoms with Crippen LogP contribution < -0.4 is 0 Å². The van der Waals surface area contributed by atoms with E-state index in [9.17, 15) is 9.90 Å². The third kappa shape index (κ3) is 3.76. The van der Waals surface area contributed by atoms with Crippen molar-refractivity contribution >= 4 is 14.8 Å². The minimum Gasteiger partial charge on any atom is -0.511 e. The molecule has 1 aliphatic heterocycles. The monoisotopic (exact) mass is 336 g/mol. The second-order valence-corrected chi connectivity index (χ2v) is 6.54. The van der Waals surface area contributed by atoms with Crippen LogP contribution in [0.25, 0.3) is 0 Å². The van der Waals surface area contributed by atoms with Gasteiger partial charge >= 0.3 is 5.97 Å². The summed E-state index contributed by atoms with van der Waals surface area (Å²) in [6.45, 7) is 6.44. The van der Waals surface area contributed by atoms with E-state index in [1.54, 1.807) is 0 Å². The standard InChI is InChI=1S/C18H25O4P/c1-4-12(10-23-21)6-7-13-8-16(19)17-15(9-22-18(17)20)11(3)14(13)5-2/h6,19,21,23H,4-5,7-10H2,1-3H3/b12-6+. The highest BCUT2D eigenvalue weighted by atomic mass is 31.1. The van der Waals surface area contributed by atoms with Crippen LogP contribution in [0, 0.1) is 0 Å². The Kier molecular flexibility index (Phi) is 6.20. The molecule has 2 rings (SSSR count). The Morgan fingerprint density at radius 2 is 2.13 bits per heavy atom. The van der Waals surface area contributed by atoms with Gasteiger partial charge < -0.3 is 14.7 Å². The van der Waals surface area contributed by atoms with Crippen molar-refractivity contribution in [2.45, 2.75) is 46.5 Å². The van der Waals surface area contributed by atoms with Crippen molar-refractivity contribution in [3.63, 3.8) is 0 Å². The Labute approximate surface area is 139 Å². The lowest BCUT2D eigenvalue weighted by Gasteiger charge is -2.13. The number of hydrogen-bond acceptors (Lipinski definition) is 4. The van der Waals surface area contributed by atoms with E-state index in [1.165, 1.54) is 11.1 Å². The number of esters is 1. The largest absolute Gasteiger partial charge is 0.511 e. The lowest BCUT2D eigenvalue weighted by Crippen LogP contribution is -2.00. The number of rotatable bonds is 6. The summed E-state index contributed by atoms with van der Waals surface area (Å²) in [6, 6.07) is 0. The molecule has 1 saturated heterocycles. The van der Waals surface area contributed by atoms with E-state index >= 15 is 0 Å². The molecule has 1 atom stereocenters. The van der Waals surface area contributed by atoms with E-state index < -0.39 is 5.97 Å². The predicted molar refractivity (Wildman–Crippen MR) is 93.6 cm³/mol. The predicted octanol–water partition coefficient (Wildman–Crippen LogP) is 4.09. The number of carbonyl (C=O) groups is 1. The summed E-state index contributed by atoms with van der Waals surface area (Å²) in [5, 5.41) is 10.4. The van der Waals surface area contributed by atoms with Crippen LogP contribution >= 0.6 is 8.81 Å². The third-order valence-electron chi connectivity index (χ3n) is 4.61. The molecule has 23 heavy (non-hydrogen) atoms. The molecule has 1 fully saturated rings. The Bertz CT molecular complexity index is 623. The highest BCUT2D eigenvalue weighted by Gasteiger charge is 2.33. The SMILES string of the molecule is CCC1=C(C/C=C(\CC)CPO)CC(O)=C2C(=O)OCC2=C1C. The van der Waals surface area contributed by atoms with Gasteiger partial charge in [-0.1, -0.05) is 31.1 Å². The first-order valence-electron chi connectivity index (χ1n) is 8.08. The minimum atomic E-state index is -0.417. The van der Waals surface area contributed by atoms with Gasteiger partial charge in [0.15, 0.2) is 0 Å². The van der Waals surface area contributed by atoms with Crippen LogP contribution in [-0.4, -0.2) is 28.7 Å². The fourth-order valence-corrected chi connectivity index (χ4v) is 3.86. The maximum Gasteiger partial charge on any atom is 0.342 e. The van der Waals surface area contributed by atoms with Crippen molar-refractivity contribution in [3.05, 3.63) is 45.3 Å². The molecule has 126 valence electrons. The summed E-state index contributed by atoms with van der Waals surface area (Å²) in [4.78, 5) is 21.0. The summed E-state index contributed by atoms with van der Waals surface area (Å²) >= 11 is 0. The van der Waals surface area contributed by atoms with Crippen LogP contribution in [-0.2, 0) is 9.53 Å². The Morgan fingerprint density at radius 1 is 1.39 bits per heavy atom. The van der Waals surface area contributed by atoms with Crippen LogP contribution in [0.15, 0.2) is 45.3 Å². The van der Waals surface area contributed by atoms with Crippen LogP contribution in [0.2, 0.25) is 0 Å². The van der Waals surface area contributed by atoms with Gasteiger partial charge in [-0.3, -0.25) is 0 Å². The molecule has 0 spiro atoms. The van der Waals surface area contributed by atoms with Crippen LogP contribution in [0.5, 0.6) is 0 Å². The molecule has 0 radical (unpaired) electrons. The van der Waals surface area contributed by atoms with Crippen molar-refractivity contribution in [1.29, 1.82) is 0 Å². The minimum absolute atomic E-state index is 0.0692. The Hall–Kier alpha value is -1.38. The van der Waals surface area contributed by atoms with E-state index in [0.29, 0.717) is 18.2 Å². The Morgan fingerprint density at radius 3 is 2.74 bits per heavy atom. The van der Waals surface area contributed by atoms with Gasteiger partial charge in [0.05, 0.1) is 0 Å². The van der Waals surface area contributed by atoms with E-state index in [4.69, 9.17) is 9.63 Å². The number of hydrogen-bond donors (Lipinski definition) is 2. The number of aliphatic hydroxyl groups is 1. The van der Waals surface area contributed by atoms with Gasteiger partial charge in [-0.15, -0.1) is 0 Å². The van der Waals surface area contributed by atoms with Gasteiger partial charge in [0, 0.05) is 27.0 Å². The van der Waals surface area contributed by atoms with E-state index in [-0.39, 0.29) is 21.2 Å². The molecule has 5 heteroatoms. The first kappa shape index (κ1) is 18.0. The van der Waals surface area contributed by atoms with Gasteiger partial charge in [0.2, 0.25) is 0 Å². The van der Waals surface area contributed by atoms with E-state index in [2.05, 4.69) is 19.9 Å². The smallest absolute Gasteiger partial charge is 0.342 e. The highest BCUT2D eigenvalue weighted by molar-refractivity contribution is 7.31. The average molecular weight is 336 g/mol. The van der Waals surface area contributed by atoms with Crippen molar-refractivity contribution in [3.8, 4) is 0 Å². The summed E-state index contributed by atoms with van der Waals surface area (Å²) in [5.74, 6) is -0.296. The van der Waals surface area contributed by atoms with Gasteiger partial charge in [-0.25, -0.2) is 4.79 Å². The molecule has 4 nitrogen and oxygen atoms in total. The zero-order valence-corrected chi connectivity index (χ0v) is 15.0.